The van der Waals surface area contributed by atoms with Gasteiger partial charge in [-0.25, -0.2) is 0 Å². The third-order valence-corrected chi connectivity index (χ3v) is 7.31. The van der Waals surface area contributed by atoms with Crippen LogP contribution in [0.25, 0.3) is 11.1 Å². The molecule has 2 aliphatic rings. The summed E-state index contributed by atoms with van der Waals surface area (Å²) in [5, 5.41) is 9.68. The molecular formula is C30H42N2O5. The molecule has 202 valence electrons. The summed E-state index contributed by atoms with van der Waals surface area (Å²) in [6.45, 7) is 12.1. The van der Waals surface area contributed by atoms with Crippen molar-refractivity contribution in [1.82, 2.24) is 9.80 Å². The van der Waals surface area contributed by atoms with E-state index in [0.717, 1.165) is 63.5 Å². The van der Waals surface area contributed by atoms with Gasteiger partial charge in [-0.15, -0.1) is 0 Å². The normalized spacial score (nSPS) is 18.1. The summed E-state index contributed by atoms with van der Waals surface area (Å²) in [4.78, 5) is 21.1. The Balaban J connectivity index is 0.00000121. The Morgan fingerprint density at radius 1 is 0.811 bits per heavy atom. The highest BCUT2D eigenvalue weighted by Crippen LogP contribution is 2.35. The maximum Gasteiger partial charge on any atom is 0.373 e. The molecule has 0 amide bonds. The lowest BCUT2D eigenvalue weighted by atomic mass is 9.95. The first-order valence-corrected chi connectivity index (χ1v) is 13.6. The number of piperidine rings is 1. The Morgan fingerprint density at radius 3 is 1.81 bits per heavy atom. The zero-order valence-corrected chi connectivity index (χ0v) is 22.4. The van der Waals surface area contributed by atoms with E-state index in [2.05, 4.69) is 60.0 Å². The number of carbonyl (C=O) groups excluding carboxylic acids is 2. The Bertz CT molecular complexity index is 939. The molecule has 7 heteroatoms. The van der Waals surface area contributed by atoms with Gasteiger partial charge in [0.15, 0.2) is 0 Å². The van der Waals surface area contributed by atoms with Gasteiger partial charge >= 0.3 is 6.15 Å². The zero-order chi connectivity index (χ0) is 26.5. The molecule has 0 unspecified atom stereocenters. The van der Waals surface area contributed by atoms with Crippen molar-refractivity contribution in [3.8, 4) is 22.6 Å². The maximum atomic E-state index is 9.68. The molecule has 0 radical (unpaired) electrons. The van der Waals surface area contributed by atoms with Gasteiger partial charge in [0.05, 0.1) is 19.3 Å². The van der Waals surface area contributed by atoms with Crippen LogP contribution in [0.2, 0.25) is 0 Å². The largest absolute Gasteiger partial charge is 0.493 e. The van der Waals surface area contributed by atoms with Crippen LogP contribution in [0.3, 0.4) is 0 Å². The molecule has 4 rings (SSSR count). The number of rotatable bonds is 11. The van der Waals surface area contributed by atoms with Crippen molar-refractivity contribution in [2.45, 2.75) is 58.5 Å². The van der Waals surface area contributed by atoms with Crippen molar-refractivity contribution in [3.63, 3.8) is 0 Å². The van der Waals surface area contributed by atoms with Crippen LogP contribution in [0.15, 0.2) is 36.4 Å². The number of hydrogen-bond acceptors (Lipinski definition) is 7. The summed E-state index contributed by atoms with van der Waals surface area (Å²) in [5.74, 6) is 1.93. The van der Waals surface area contributed by atoms with E-state index >= 15 is 0 Å². The number of likely N-dealkylation sites (tertiary alicyclic amines) is 2. The monoisotopic (exact) mass is 510 g/mol. The average molecular weight is 511 g/mol. The van der Waals surface area contributed by atoms with Gasteiger partial charge in [0.2, 0.25) is 0 Å². The number of benzene rings is 2. The highest BCUT2D eigenvalue weighted by Gasteiger charge is 2.19. The first kappa shape index (κ1) is 28.9. The lowest BCUT2D eigenvalue weighted by Crippen LogP contribution is -2.31. The van der Waals surface area contributed by atoms with Gasteiger partial charge in [-0.1, -0.05) is 30.7 Å². The Labute approximate surface area is 221 Å². The van der Waals surface area contributed by atoms with Crippen molar-refractivity contribution in [3.05, 3.63) is 47.5 Å². The highest BCUT2D eigenvalue weighted by molar-refractivity contribution is 5.74. The molecule has 0 aromatic heterocycles. The molecular weight excluding hydrogens is 468 g/mol. The molecule has 7 nitrogen and oxygen atoms in total. The smallest absolute Gasteiger partial charge is 0.373 e. The van der Waals surface area contributed by atoms with E-state index in [4.69, 9.17) is 19.1 Å². The fourth-order valence-corrected chi connectivity index (χ4v) is 5.26. The first-order valence-electron chi connectivity index (χ1n) is 13.6. The van der Waals surface area contributed by atoms with Gasteiger partial charge in [0.25, 0.3) is 0 Å². The topological polar surface area (TPSA) is 79.3 Å². The lowest BCUT2D eigenvalue weighted by molar-refractivity contribution is -0.191. The predicted octanol–water partition coefficient (Wildman–Crippen LogP) is 4.48. The van der Waals surface area contributed by atoms with Gasteiger partial charge in [-0.05, 0) is 93.4 Å². The van der Waals surface area contributed by atoms with E-state index in [1.165, 1.54) is 54.6 Å². The highest BCUT2D eigenvalue weighted by atomic mass is 16.5. The summed E-state index contributed by atoms with van der Waals surface area (Å²) in [5.41, 5.74) is 4.77. The maximum absolute atomic E-state index is 9.68. The van der Waals surface area contributed by atoms with Crippen LogP contribution >= 0.6 is 0 Å². The fraction of sp³-hybridized carbons (Fsp3) is 0.567. The van der Waals surface area contributed by atoms with E-state index < -0.39 is 0 Å². The number of aliphatic hydroxyl groups excluding tert-OH is 1. The summed E-state index contributed by atoms with van der Waals surface area (Å²) < 4.78 is 12.4. The molecule has 0 spiro atoms. The van der Waals surface area contributed by atoms with Gasteiger partial charge in [0.1, 0.15) is 11.5 Å². The fourth-order valence-electron chi connectivity index (χ4n) is 5.26. The number of nitrogens with zero attached hydrogens (tertiary/aromatic N) is 2. The standard InChI is InChI=1S/C29H42N2O3.CO2/c1-23-26(10-6-12-28(23)33-20-8-17-30-15-4-3-5-16-30)27-11-7-13-29(24(27)2)34-21-9-18-31-19-14-25(32)22-31;2-1-3/h6-7,10-13,25,32H,3-5,8-9,14-22H2,1-2H3;/t25-;/m1./s1. The first-order chi connectivity index (χ1) is 18.0. The zero-order valence-electron chi connectivity index (χ0n) is 22.4. The molecule has 2 aliphatic heterocycles. The molecule has 2 aromatic carbocycles. The Hall–Kier alpha value is -2.70. The quantitative estimate of drug-likeness (QED) is 0.447. The van der Waals surface area contributed by atoms with Gasteiger partial charge in [0, 0.05) is 26.2 Å². The van der Waals surface area contributed by atoms with Crippen LogP contribution < -0.4 is 9.47 Å². The number of aliphatic hydroxyl groups is 1. The van der Waals surface area contributed by atoms with Crippen molar-refractivity contribution in [1.29, 1.82) is 0 Å². The van der Waals surface area contributed by atoms with E-state index in [1.54, 1.807) is 0 Å². The molecule has 0 aliphatic carbocycles. The third-order valence-electron chi connectivity index (χ3n) is 7.31. The van der Waals surface area contributed by atoms with Crippen molar-refractivity contribution < 1.29 is 24.2 Å². The minimum Gasteiger partial charge on any atom is -0.493 e. The molecule has 37 heavy (non-hydrogen) atoms. The predicted molar refractivity (Wildman–Crippen MR) is 144 cm³/mol. The van der Waals surface area contributed by atoms with Crippen LogP contribution in [0, 0.1) is 13.8 Å². The SMILES string of the molecule is Cc1c(OCCCN2CCCCC2)cccc1-c1cccc(OCCCN2CC[C@@H](O)C2)c1C.O=C=O. The molecule has 2 aromatic rings. The summed E-state index contributed by atoms with van der Waals surface area (Å²) in [7, 11) is 0. The van der Waals surface area contributed by atoms with Gasteiger partial charge < -0.3 is 24.4 Å². The van der Waals surface area contributed by atoms with Crippen molar-refractivity contribution in [2.75, 3.05) is 52.5 Å². The third kappa shape index (κ3) is 8.97. The molecule has 1 atom stereocenters. The summed E-state index contributed by atoms with van der Waals surface area (Å²) >= 11 is 0. The second kappa shape index (κ2) is 15.5. The summed E-state index contributed by atoms with van der Waals surface area (Å²) in [6, 6.07) is 12.7. The van der Waals surface area contributed by atoms with E-state index in [-0.39, 0.29) is 12.3 Å². The van der Waals surface area contributed by atoms with Crippen LogP contribution in [0.5, 0.6) is 11.5 Å². The van der Waals surface area contributed by atoms with Gasteiger partial charge in [-0.2, -0.15) is 9.59 Å². The number of β-amino-alcohol motifs (C(OH)–C–C–N with tert-alkyl or cyclic N) is 1. The Kier molecular flexibility index (Phi) is 12.1. The van der Waals surface area contributed by atoms with Crippen LogP contribution in [0.4, 0.5) is 0 Å². The van der Waals surface area contributed by atoms with Crippen molar-refractivity contribution >= 4 is 6.15 Å². The molecule has 2 heterocycles. The summed E-state index contributed by atoms with van der Waals surface area (Å²) in [6.07, 6.45) is 7.09. The average Bonchev–Trinajstić information content (AvgIpc) is 3.32. The van der Waals surface area contributed by atoms with Crippen LogP contribution in [-0.2, 0) is 9.59 Å². The molecule has 2 fully saturated rings. The van der Waals surface area contributed by atoms with E-state index in [0.29, 0.717) is 6.61 Å². The second-order valence-corrected chi connectivity index (χ2v) is 9.99. The molecule has 0 bridgehead atoms. The minimum atomic E-state index is -0.155. The lowest BCUT2D eigenvalue weighted by Gasteiger charge is -2.26. The Morgan fingerprint density at radius 2 is 1.32 bits per heavy atom. The molecule has 0 saturated carbocycles. The van der Waals surface area contributed by atoms with E-state index in [1.807, 2.05) is 0 Å². The number of hydrogen-bond donors (Lipinski definition) is 1. The van der Waals surface area contributed by atoms with Crippen molar-refractivity contribution in [2.24, 2.45) is 0 Å². The number of ether oxygens (including phenoxy) is 2. The van der Waals surface area contributed by atoms with Crippen LogP contribution in [-0.4, -0.2) is 79.6 Å². The second-order valence-electron chi connectivity index (χ2n) is 9.99. The van der Waals surface area contributed by atoms with E-state index in [9.17, 15) is 5.11 Å². The van der Waals surface area contributed by atoms with Gasteiger partial charge in [-0.3, -0.25) is 0 Å². The minimum absolute atomic E-state index is 0.155. The molecule has 2 saturated heterocycles. The molecule has 1 N–H and O–H groups in total. The van der Waals surface area contributed by atoms with Crippen LogP contribution in [0.1, 0.15) is 49.7 Å².